The monoisotopic (exact) mass is 379 g/mol. The van der Waals surface area contributed by atoms with Crippen molar-refractivity contribution in [2.45, 2.75) is 18.4 Å². The van der Waals surface area contributed by atoms with E-state index in [1.807, 2.05) is 0 Å². The summed E-state index contributed by atoms with van der Waals surface area (Å²) in [6.45, 7) is 0.105. The van der Waals surface area contributed by atoms with Crippen LogP contribution < -0.4 is 10.1 Å². The second-order valence-electron chi connectivity index (χ2n) is 5.70. The van der Waals surface area contributed by atoms with Crippen LogP contribution >= 0.6 is 15.9 Å². The van der Waals surface area contributed by atoms with Crippen LogP contribution in [0.1, 0.15) is 29.0 Å². The van der Waals surface area contributed by atoms with Gasteiger partial charge in [-0.1, -0.05) is 0 Å². The molecule has 0 aliphatic heterocycles. The molecule has 0 bridgehead atoms. The molecule has 2 N–H and O–H groups in total. The predicted octanol–water partition coefficient (Wildman–Crippen LogP) is 3.08. The number of amides is 1. The number of benzene rings is 1. The van der Waals surface area contributed by atoms with Crippen LogP contribution in [0.2, 0.25) is 0 Å². The van der Waals surface area contributed by atoms with Gasteiger partial charge in [0.05, 0.1) is 25.5 Å². The van der Waals surface area contributed by atoms with Crippen molar-refractivity contribution >= 4 is 21.8 Å². The lowest BCUT2D eigenvalue weighted by molar-refractivity contribution is -0.00611. The average molecular weight is 380 g/mol. The molecule has 0 unspecified atom stereocenters. The van der Waals surface area contributed by atoms with Gasteiger partial charge in [-0.15, -0.1) is 0 Å². The second kappa shape index (κ2) is 6.37. The van der Waals surface area contributed by atoms with Gasteiger partial charge in [0.25, 0.3) is 5.91 Å². The van der Waals surface area contributed by atoms with Crippen LogP contribution in [-0.4, -0.2) is 24.7 Å². The van der Waals surface area contributed by atoms with Crippen LogP contribution in [0, 0.1) is 5.92 Å². The summed E-state index contributed by atoms with van der Waals surface area (Å²) in [7, 11) is 1.55. The van der Waals surface area contributed by atoms with Crippen molar-refractivity contribution in [1.29, 1.82) is 0 Å². The van der Waals surface area contributed by atoms with E-state index in [-0.39, 0.29) is 18.4 Å². The van der Waals surface area contributed by atoms with E-state index in [4.69, 9.17) is 9.15 Å². The van der Waals surface area contributed by atoms with Gasteiger partial charge in [-0.05, 0) is 65.0 Å². The van der Waals surface area contributed by atoms with Crippen LogP contribution in [-0.2, 0) is 5.60 Å². The first kappa shape index (κ1) is 16.1. The molecule has 2 aromatic rings. The number of aliphatic hydroxyl groups is 1. The molecule has 0 radical (unpaired) electrons. The highest BCUT2D eigenvalue weighted by Crippen LogP contribution is 2.45. The Morgan fingerprint density at radius 2 is 2.26 bits per heavy atom. The van der Waals surface area contributed by atoms with Crippen LogP contribution in [0.4, 0.5) is 0 Å². The number of nitrogens with one attached hydrogen (secondary N) is 1. The van der Waals surface area contributed by atoms with Crippen molar-refractivity contribution in [2.75, 3.05) is 13.7 Å². The molecule has 5 nitrogen and oxygen atoms in total. The fourth-order valence-electron chi connectivity index (χ4n) is 2.63. The highest BCUT2D eigenvalue weighted by molar-refractivity contribution is 9.10. The highest BCUT2D eigenvalue weighted by atomic mass is 79.9. The summed E-state index contributed by atoms with van der Waals surface area (Å²) in [4.78, 5) is 12.5. The molecule has 1 fully saturated rings. The Bertz CT molecular complexity index is 697. The fraction of sp³-hybridized carbons (Fsp3) is 0.353. The number of hydrogen-bond donors (Lipinski definition) is 2. The van der Waals surface area contributed by atoms with Crippen molar-refractivity contribution in [1.82, 2.24) is 5.32 Å². The molecule has 1 aliphatic rings. The third kappa shape index (κ3) is 3.28. The lowest BCUT2D eigenvalue weighted by atomic mass is 9.94. The Morgan fingerprint density at radius 3 is 2.87 bits per heavy atom. The highest BCUT2D eigenvalue weighted by Gasteiger charge is 2.47. The minimum atomic E-state index is -1.16. The number of carbonyl (C=O) groups excluding carboxylic acids is 1. The first-order chi connectivity index (χ1) is 11.0. The minimum Gasteiger partial charge on any atom is -0.497 e. The van der Waals surface area contributed by atoms with Crippen molar-refractivity contribution in [3.8, 4) is 5.75 Å². The first-order valence-corrected chi connectivity index (χ1v) is 8.22. The largest absolute Gasteiger partial charge is 0.497 e. The molecular weight excluding hydrogens is 362 g/mol. The summed E-state index contributed by atoms with van der Waals surface area (Å²) in [5, 5.41) is 13.7. The maximum Gasteiger partial charge on any atom is 0.252 e. The molecule has 6 heteroatoms. The van der Waals surface area contributed by atoms with E-state index in [0.717, 1.165) is 12.8 Å². The second-order valence-corrected chi connectivity index (χ2v) is 6.56. The van der Waals surface area contributed by atoms with Gasteiger partial charge < -0.3 is 19.6 Å². The van der Waals surface area contributed by atoms with Gasteiger partial charge in [0, 0.05) is 4.47 Å². The Kier molecular flexibility index (Phi) is 4.46. The van der Waals surface area contributed by atoms with Crippen LogP contribution in [0.3, 0.4) is 0 Å². The molecular formula is C17H18BrNO4. The molecule has 23 heavy (non-hydrogen) atoms. The van der Waals surface area contributed by atoms with Gasteiger partial charge in [0.15, 0.2) is 0 Å². The summed E-state index contributed by atoms with van der Waals surface area (Å²) in [6.07, 6.45) is 3.38. The van der Waals surface area contributed by atoms with Gasteiger partial charge in [0.1, 0.15) is 17.1 Å². The molecule has 1 saturated carbocycles. The molecule has 0 spiro atoms. The van der Waals surface area contributed by atoms with E-state index in [1.165, 1.54) is 6.26 Å². The van der Waals surface area contributed by atoms with E-state index in [1.54, 1.807) is 37.4 Å². The molecule has 1 aromatic heterocycles. The maximum absolute atomic E-state index is 12.5. The van der Waals surface area contributed by atoms with Crippen molar-refractivity contribution in [3.05, 3.63) is 52.4 Å². The number of methoxy groups -OCH3 is 1. The number of halogens is 1. The quantitative estimate of drug-likeness (QED) is 0.808. The predicted molar refractivity (Wildman–Crippen MR) is 88.4 cm³/mol. The van der Waals surface area contributed by atoms with E-state index in [2.05, 4.69) is 21.2 Å². The SMILES string of the molecule is COc1ccc(Br)c(C(=O)NC[C@](O)(c2ccco2)C2CC2)c1. The summed E-state index contributed by atoms with van der Waals surface area (Å²) in [5.41, 5.74) is -0.702. The zero-order valence-electron chi connectivity index (χ0n) is 12.7. The number of rotatable bonds is 6. The lowest BCUT2D eigenvalue weighted by Gasteiger charge is -2.26. The van der Waals surface area contributed by atoms with Crippen molar-refractivity contribution in [2.24, 2.45) is 5.92 Å². The molecule has 122 valence electrons. The van der Waals surface area contributed by atoms with Crippen LogP contribution in [0.25, 0.3) is 0 Å². The maximum atomic E-state index is 12.5. The van der Waals surface area contributed by atoms with E-state index < -0.39 is 5.60 Å². The van der Waals surface area contributed by atoms with Gasteiger partial charge in [-0.2, -0.15) is 0 Å². The van der Waals surface area contributed by atoms with Crippen molar-refractivity contribution < 1.29 is 19.1 Å². The number of ether oxygens (including phenoxy) is 1. The fourth-order valence-corrected chi connectivity index (χ4v) is 3.06. The normalized spacial score (nSPS) is 16.7. The minimum absolute atomic E-state index is 0.105. The Hall–Kier alpha value is -1.79. The van der Waals surface area contributed by atoms with E-state index >= 15 is 0 Å². The third-order valence-electron chi connectivity index (χ3n) is 4.14. The molecule has 1 aromatic carbocycles. The Labute approximate surface area is 142 Å². The summed E-state index contributed by atoms with van der Waals surface area (Å²) in [6, 6.07) is 8.66. The van der Waals surface area contributed by atoms with Crippen LogP contribution in [0.15, 0.2) is 45.5 Å². The van der Waals surface area contributed by atoms with E-state index in [9.17, 15) is 9.90 Å². The van der Waals surface area contributed by atoms with Gasteiger partial charge in [-0.25, -0.2) is 0 Å². The van der Waals surface area contributed by atoms with E-state index in [0.29, 0.717) is 21.5 Å². The first-order valence-electron chi connectivity index (χ1n) is 7.42. The summed E-state index contributed by atoms with van der Waals surface area (Å²) < 4.78 is 11.2. The zero-order valence-corrected chi connectivity index (χ0v) is 14.3. The Morgan fingerprint density at radius 1 is 1.48 bits per heavy atom. The van der Waals surface area contributed by atoms with Gasteiger partial charge in [-0.3, -0.25) is 4.79 Å². The third-order valence-corrected chi connectivity index (χ3v) is 4.83. The average Bonchev–Trinajstić information content (AvgIpc) is 3.28. The number of furan rings is 1. The smallest absolute Gasteiger partial charge is 0.252 e. The number of hydrogen-bond acceptors (Lipinski definition) is 4. The topological polar surface area (TPSA) is 71.7 Å². The van der Waals surface area contributed by atoms with Crippen LogP contribution in [0.5, 0.6) is 5.75 Å². The molecule has 1 amide bonds. The zero-order chi connectivity index (χ0) is 16.4. The number of carbonyl (C=O) groups is 1. The molecule has 3 rings (SSSR count). The lowest BCUT2D eigenvalue weighted by Crippen LogP contribution is -2.42. The van der Waals surface area contributed by atoms with Crippen molar-refractivity contribution in [3.63, 3.8) is 0 Å². The molecule has 1 aliphatic carbocycles. The molecule has 1 atom stereocenters. The Balaban J connectivity index is 1.75. The summed E-state index contributed by atoms with van der Waals surface area (Å²) >= 11 is 3.36. The molecule has 0 saturated heterocycles. The standard InChI is InChI=1S/C17H18BrNO4/c1-22-12-6-7-14(18)13(9-12)16(20)19-10-17(21,11-4-5-11)15-3-2-8-23-15/h2-3,6-9,11,21H,4-5,10H2,1H3,(H,19,20)/t17-/m1/s1. The van der Waals surface area contributed by atoms with Gasteiger partial charge >= 0.3 is 0 Å². The van der Waals surface area contributed by atoms with Gasteiger partial charge in [0.2, 0.25) is 0 Å². The molecule has 1 heterocycles. The summed E-state index contributed by atoms with van der Waals surface area (Å²) in [5.74, 6) is 0.927.